The van der Waals surface area contributed by atoms with Crippen LogP contribution in [0.4, 0.5) is 13.2 Å². The van der Waals surface area contributed by atoms with Crippen LogP contribution in [0.1, 0.15) is 33.4 Å². The number of halogens is 3. The summed E-state index contributed by atoms with van der Waals surface area (Å²) in [5, 5.41) is 3.27. The highest BCUT2D eigenvalue weighted by Crippen LogP contribution is 2.22. The van der Waals surface area contributed by atoms with Gasteiger partial charge in [0.25, 0.3) is 0 Å². The average Bonchev–Trinajstić information content (AvgIpc) is 2.26. The third-order valence-electron chi connectivity index (χ3n) is 2.43. The molecule has 6 heteroatoms. The third kappa shape index (κ3) is 6.06. The second kappa shape index (κ2) is 6.26. The lowest BCUT2D eigenvalue weighted by Crippen LogP contribution is -2.36. The van der Waals surface area contributed by atoms with E-state index in [1.165, 1.54) is 12.1 Å². The van der Waals surface area contributed by atoms with E-state index in [0.29, 0.717) is 12.2 Å². The normalized spacial score (nSPS) is 13.4. The number of allylic oxidation sites excluding steroid dienone is 1. The van der Waals surface area contributed by atoms with Gasteiger partial charge in [-0.25, -0.2) is 4.98 Å². The maximum absolute atomic E-state index is 12.2. The second-order valence-corrected chi connectivity index (χ2v) is 5.33. The number of hydrogen-bond acceptors (Lipinski definition) is 3. The summed E-state index contributed by atoms with van der Waals surface area (Å²) in [5.41, 5.74) is 1.19. The zero-order valence-corrected chi connectivity index (χ0v) is 12.0. The highest BCUT2D eigenvalue weighted by Gasteiger charge is 2.31. The second-order valence-electron chi connectivity index (χ2n) is 5.33. The molecule has 1 N–H and O–H groups in total. The van der Waals surface area contributed by atoms with Crippen molar-refractivity contribution in [1.29, 1.82) is 0 Å². The van der Waals surface area contributed by atoms with Crippen LogP contribution in [-0.4, -0.2) is 23.4 Å². The van der Waals surface area contributed by atoms with Gasteiger partial charge in [0.2, 0.25) is 5.88 Å². The van der Waals surface area contributed by atoms with Crippen LogP contribution < -0.4 is 10.1 Å². The summed E-state index contributed by atoms with van der Waals surface area (Å²) < 4.78 is 40.3. The molecule has 1 rings (SSSR count). The Morgan fingerprint density at radius 1 is 1.30 bits per heavy atom. The van der Waals surface area contributed by atoms with Gasteiger partial charge in [-0.2, -0.15) is 0 Å². The quantitative estimate of drug-likeness (QED) is 0.915. The van der Waals surface area contributed by atoms with Crippen LogP contribution in [0.15, 0.2) is 24.3 Å². The largest absolute Gasteiger partial charge is 0.574 e. The maximum Gasteiger partial charge on any atom is 0.574 e. The lowest BCUT2D eigenvalue weighted by Gasteiger charge is -2.21. The molecule has 0 saturated heterocycles. The maximum atomic E-state index is 12.2. The Kier molecular flexibility index (Phi) is 5.16. The first-order chi connectivity index (χ1) is 9.11. The number of ether oxygens (including phenoxy) is 1. The molecule has 0 amide bonds. The molecule has 1 aromatic heterocycles. The first-order valence-corrected chi connectivity index (χ1v) is 6.24. The van der Waals surface area contributed by atoms with Crippen molar-refractivity contribution in [3.63, 3.8) is 0 Å². The van der Waals surface area contributed by atoms with E-state index in [0.717, 1.165) is 5.57 Å². The smallest absolute Gasteiger partial charge is 0.388 e. The van der Waals surface area contributed by atoms with Crippen LogP contribution in [0.3, 0.4) is 0 Å². The van der Waals surface area contributed by atoms with Gasteiger partial charge in [-0.1, -0.05) is 12.1 Å². The van der Waals surface area contributed by atoms with E-state index in [1.54, 1.807) is 6.07 Å². The fourth-order valence-electron chi connectivity index (χ4n) is 1.47. The molecule has 1 aromatic rings. The number of pyridine rings is 1. The zero-order chi connectivity index (χ0) is 15.4. The zero-order valence-electron chi connectivity index (χ0n) is 12.0. The number of nitrogens with zero attached hydrogens (tertiary/aromatic N) is 1. The fraction of sp³-hybridized carbons (Fsp3) is 0.500. The van der Waals surface area contributed by atoms with Gasteiger partial charge in [0.1, 0.15) is 0 Å². The Hall–Kier alpha value is -1.56. The highest BCUT2D eigenvalue weighted by molar-refractivity contribution is 5.64. The minimum atomic E-state index is -4.73. The van der Waals surface area contributed by atoms with Crippen molar-refractivity contribution < 1.29 is 17.9 Å². The minimum absolute atomic E-state index is 0.0889. The molecule has 0 aromatic carbocycles. The summed E-state index contributed by atoms with van der Waals surface area (Å²) in [6, 6.07) is 4.33. The molecule has 0 unspecified atom stereocenters. The topological polar surface area (TPSA) is 34.1 Å². The SMILES string of the molecule is C/C=C(/CNC(C)(C)C)c1cccc(OC(F)(F)F)n1. The summed E-state index contributed by atoms with van der Waals surface area (Å²) in [4.78, 5) is 3.88. The lowest BCUT2D eigenvalue weighted by molar-refractivity contribution is -0.276. The van der Waals surface area contributed by atoms with E-state index in [-0.39, 0.29) is 5.54 Å². The molecule has 0 bridgehead atoms. The molecule has 112 valence electrons. The molecule has 20 heavy (non-hydrogen) atoms. The average molecular weight is 288 g/mol. The summed E-state index contributed by atoms with van der Waals surface area (Å²) >= 11 is 0. The van der Waals surface area contributed by atoms with Crippen molar-refractivity contribution in [3.8, 4) is 5.88 Å². The van der Waals surface area contributed by atoms with E-state index in [1.807, 2.05) is 33.8 Å². The van der Waals surface area contributed by atoms with E-state index in [2.05, 4.69) is 15.0 Å². The number of alkyl halides is 3. The number of nitrogens with one attached hydrogen (secondary N) is 1. The molecule has 0 aliphatic heterocycles. The van der Waals surface area contributed by atoms with Crippen molar-refractivity contribution in [3.05, 3.63) is 30.0 Å². The van der Waals surface area contributed by atoms with Crippen LogP contribution in [0, 0.1) is 0 Å². The predicted octanol–water partition coefficient (Wildman–Crippen LogP) is 3.77. The Labute approximate surface area is 116 Å². The molecule has 3 nitrogen and oxygen atoms in total. The fourth-order valence-corrected chi connectivity index (χ4v) is 1.47. The monoisotopic (exact) mass is 288 g/mol. The Morgan fingerprint density at radius 2 is 1.95 bits per heavy atom. The van der Waals surface area contributed by atoms with Crippen molar-refractivity contribution >= 4 is 5.57 Å². The van der Waals surface area contributed by atoms with Crippen LogP contribution >= 0.6 is 0 Å². The van der Waals surface area contributed by atoms with E-state index in [9.17, 15) is 13.2 Å². The summed E-state index contributed by atoms with van der Waals surface area (Å²) in [7, 11) is 0. The molecule has 0 spiro atoms. The van der Waals surface area contributed by atoms with Crippen molar-refractivity contribution in [2.45, 2.75) is 39.6 Å². The molecule has 0 saturated carbocycles. The van der Waals surface area contributed by atoms with Gasteiger partial charge >= 0.3 is 6.36 Å². The van der Waals surface area contributed by atoms with Crippen LogP contribution in [-0.2, 0) is 0 Å². The highest BCUT2D eigenvalue weighted by atomic mass is 19.4. The van der Waals surface area contributed by atoms with Crippen molar-refractivity contribution in [2.75, 3.05) is 6.54 Å². The van der Waals surface area contributed by atoms with Crippen molar-refractivity contribution in [2.24, 2.45) is 0 Å². The van der Waals surface area contributed by atoms with Gasteiger partial charge in [0, 0.05) is 18.2 Å². The Balaban J connectivity index is 2.86. The summed E-state index contributed by atoms with van der Waals surface area (Å²) in [6.07, 6.45) is -2.91. The van der Waals surface area contributed by atoms with Gasteiger partial charge < -0.3 is 10.1 Å². The Morgan fingerprint density at radius 3 is 2.45 bits per heavy atom. The van der Waals surface area contributed by atoms with Crippen molar-refractivity contribution in [1.82, 2.24) is 10.3 Å². The van der Waals surface area contributed by atoms with Gasteiger partial charge in [-0.05, 0) is 39.3 Å². The molecule has 1 heterocycles. The van der Waals surface area contributed by atoms with Gasteiger partial charge in [0.05, 0.1) is 5.69 Å². The number of hydrogen-bond donors (Lipinski definition) is 1. The van der Waals surface area contributed by atoms with Gasteiger partial charge in [-0.15, -0.1) is 13.2 Å². The Bertz CT molecular complexity index is 476. The third-order valence-corrected chi connectivity index (χ3v) is 2.43. The molecule has 0 aliphatic rings. The van der Waals surface area contributed by atoms with Gasteiger partial charge in [-0.3, -0.25) is 0 Å². The van der Waals surface area contributed by atoms with Gasteiger partial charge in [0.15, 0.2) is 0 Å². The molecule has 0 radical (unpaired) electrons. The molecule has 0 fully saturated rings. The first-order valence-electron chi connectivity index (χ1n) is 6.24. The number of rotatable bonds is 4. The van der Waals surface area contributed by atoms with E-state index < -0.39 is 12.2 Å². The minimum Gasteiger partial charge on any atom is -0.388 e. The predicted molar refractivity (Wildman–Crippen MR) is 72.3 cm³/mol. The summed E-state index contributed by atoms with van der Waals surface area (Å²) in [6.45, 7) is 8.37. The molecule has 0 atom stereocenters. The standard InChI is InChI=1S/C14H19F3N2O/c1-5-10(9-18-13(2,3)4)11-7-6-8-12(19-11)20-14(15,16)17/h5-8,18H,9H2,1-4H3/b10-5-. The molecular formula is C14H19F3N2O. The lowest BCUT2D eigenvalue weighted by atomic mass is 10.1. The van der Waals surface area contributed by atoms with Crippen LogP contribution in [0.5, 0.6) is 5.88 Å². The molecule has 0 aliphatic carbocycles. The summed E-state index contributed by atoms with van der Waals surface area (Å²) in [5.74, 6) is -0.454. The first kappa shape index (κ1) is 16.5. The number of aromatic nitrogens is 1. The molecular weight excluding hydrogens is 269 g/mol. The van der Waals surface area contributed by atoms with E-state index >= 15 is 0 Å². The van der Waals surface area contributed by atoms with E-state index in [4.69, 9.17) is 0 Å². The van der Waals surface area contributed by atoms with Crippen LogP contribution in [0.25, 0.3) is 5.57 Å². The van der Waals surface area contributed by atoms with Crippen LogP contribution in [0.2, 0.25) is 0 Å².